The van der Waals surface area contributed by atoms with Crippen LogP contribution in [0.5, 0.6) is 11.5 Å². The summed E-state index contributed by atoms with van der Waals surface area (Å²) in [5, 5.41) is 3.12. The van der Waals surface area contributed by atoms with Crippen molar-refractivity contribution in [2.45, 2.75) is 0 Å². The number of ether oxygens (including phenoxy) is 3. The predicted molar refractivity (Wildman–Crippen MR) is 80.6 cm³/mol. The van der Waals surface area contributed by atoms with Crippen molar-refractivity contribution in [3.05, 3.63) is 36.4 Å². The third-order valence-corrected chi connectivity index (χ3v) is 3.06. The van der Waals surface area contributed by atoms with Crippen LogP contribution in [-0.2, 0) is 4.74 Å². The van der Waals surface area contributed by atoms with Crippen LogP contribution in [0.3, 0.4) is 0 Å². The SMILES string of the molecule is COc1cc2ccccc2cc1OCCOCCBr. The van der Waals surface area contributed by atoms with Gasteiger partial charge in [-0.2, -0.15) is 0 Å². The van der Waals surface area contributed by atoms with Crippen LogP contribution in [0.1, 0.15) is 0 Å². The quantitative estimate of drug-likeness (QED) is 0.575. The summed E-state index contributed by atoms with van der Waals surface area (Å²) in [6.45, 7) is 1.78. The van der Waals surface area contributed by atoms with Gasteiger partial charge in [0, 0.05) is 5.33 Å². The van der Waals surface area contributed by atoms with Crippen LogP contribution >= 0.6 is 15.9 Å². The summed E-state index contributed by atoms with van der Waals surface area (Å²) in [5.74, 6) is 1.50. The van der Waals surface area contributed by atoms with Crippen molar-refractivity contribution < 1.29 is 14.2 Å². The highest BCUT2D eigenvalue weighted by Crippen LogP contribution is 2.32. The monoisotopic (exact) mass is 324 g/mol. The van der Waals surface area contributed by atoms with E-state index in [1.54, 1.807) is 7.11 Å². The molecule has 2 aromatic carbocycles. The smallest absolute Gasteiger partial charge is 0.161 e. The Kier molecular flexibility index (Phi) is 5.48. The van der Waals surface area contributed by atoms with Crippen LogP contribution in [0.25, 0.3) is 10.8 Å². The second kappa shape index (κ2) is 7.36. The van der Waals surface area contributed by atoms with Crippen LogP contribution in [0.15, 0.2) is 36.4 Å². The lowest BCUT2D eigenvalue weighted by atomic mass is 10.1. The van der Waals surface area contributed by atoms with E-state index in [9.17, 15) is 0 Å². The molecule has 3 nitrogen and oxygen atoms in total. The van der Waals surface area contributed by atoms with E-state index >= 15 is 0 Å². The molecule has 0 unspecified atom stereocenters. The summed E-state index contributed by atoms with van der Waals surface area (Å²) in [4.78, 5) is 0. The molecule has 0 aliphatic rings. The van der Waals surface area contributed by atoms with Crippen LogP contribution < -0.4 is 9.47 Å². The summed E-state index contributed by atoms with van der Waals surface area (Å²) in [7, 11) is 1.65. The maximum absolute atomic E-state index is 5.72. The fourth-order valence-electron chi connectivity index (χ4n) is 1.84. The molecule has 0 aromatic heterocycles. The number of alkyl halides is 1. The highest BCUT2D eigenvalue weighted by atomic mass is 79.9. The van der Waals surface area contributed by atoms with Crippen molar-refractivity contribution in [1.29, 1.82) is 0 Å². The first-order chi connectivity index (χ1) is 9.35. The van der Waals surface area contributed by atoms with Gasteiger partial charge in [-0.3, -0.25) is 0 Å². The second-order valence-electron chi connectivity index (χ2n) is 4.00. The van der Waals surface area contributed by atoms with Crippen LogP contribution in [-0.4, -0.2) is 32.3 Å². The van der Waals surface area contributed by atoms with Gasteiger partial charge in [-0.25, -0.2) is 0 Å². The minimum absolute atomic E-state index is 0.516. The highest BCUT2D eigenvalue weighted by molar-refractivity contribution is 9.09. The number of hydrogen-bond acceptors (Lipinski definition) is 3. The first-order valence-corrected chi connectivity index (χ1v) is 7.30. The van der Waals surface area contributed by atoms with Crippen molar-refractivity contribution in [2.75, 3.05) is 32.3 Å². The molecule has 0 aliphatic carbocycles. The standard InChI is InChI=1S/C15H17BrO3/c1-17-14-10-12-4-2-3-5-13(12)11-15(14)19-9-8-18-7-6-16/h2-5,10-11H,6-9H2,1H3. The molecule has 0 bridgehead atoms. The van der Waals surface area contributed by atoms with Crippen molar-refractivity contribution in [2.24, 2.45) is 0 Å². The Morgan fingerprint density at radius 1 is 0.947 bits per heavy atom. The van der Waals surface area contributed by atoms with E-state index in [1.165, 1.54) is 0 Å². The van der Waals surface area contributed by atoms with E-state index in [0.717, 1.165) is 27.6 Å². The number of hydrogen-bond donors (Lipinski definition) is 0. The molecule has 0 aliphatic heterocycles. The van der Waals surface area contributed by atoms with E-state index in [2.05, 4.69) is 28.1 Å². The van der Waals surface area contributed by atoms with E-state index < -0.39 is 0 Å². The van der Waals surface area contributed by atoms with Gasteiger partial charge in [0.2, 0.25) is 0 Å². The van der Waals surface area contributed by atoms with Gasteiger partial charge in [0.1, 0.15) is 6.61 Å². The van der Waals surface area contributed by atoms with E-state index in [0.29, 0.717) is 19.8 Å². The molecule has 0 atom stereocenters. The summed E-state index contributed by atoms with van der Waals surface area (Å²) in [6, 6.07) is 12.1. The number of fused-ring (bicyclic) bond motifs is 1. The van der Waals surface area contributed by atoms with Crippen molar-refractivity contribution in [3.63, 3.8) is 0 Å². The first kappa shape index (κ1) is 14.2. The Morgan fingerprint density at radius 2 is 1.63 bits per heavy atom. The Hall–Kier alpha value is -1.26. The molecule has 0 fully saturated rings. The molecule has 0 spiro atoms. The third kappa shape index (κ3) is 3.85. The number of halogens is 1. The molecule has 0 N–H and O–H groups in total. The molecule has 2 aromatic rings. The highest BCUT2D eigenvalue weighted by Gasteiger charge is 2.06. The lowest BCUT2D eigenvalue weighted by Gasteiger charge is -2.12. The number of benzene rings is 2. The minimum atomic E-state index is 0.516. The van der Waals surface area contributed by atoms with Gasteiger partial charge in [-0.1, -0.05) is 40.2 Å². The van der Waals surface area contributed by atoms with E-state index in [4.69, 9.17) is 14.2 Å². The lowest BCUT2D eigenvalue weighted by Crippen LogP contribution is -2.08. The van der Waals surface area contributed by atoms with E-state index in [-0.39, 0.29) is 0 Å². The molecule has 0 saturated heterocycles. The van der Waals surface area contributed by atoms with Crippen molar-refractivity contribution in [3.8, 4) is 11.5 Å². The average Bonchev–Trinajstić information content (AvgIpc) is 2.46. The zero-order chi connectivity index (χ0) is 13.5. The van der Waals surface area contributed by atoms with Gasteiger partial charge in [0.25, 0.3) is 0 Å². The van der Waals surface area contributed by atoms with Crippen LogP contribution in [0.4, 0.5) is 0 Å². The third-order valence-electron chi connectivity index (χ3n) is 2.74. The minimum Gasteiger partial charge on any atom is -0.493 e. The number of rotatable bonds is 7. The topological polar surface area (TPSA) is 27.7 Å². The maximum atomic E-state index is 5.72. The molecular formula is C15H17BrO3. The zero-order valence-electron chi connectivity index (χ0n) is 10.9. The normalized spacial score (nSPS) is 10.6. The molecule has 102 valence electrons. The first-order valence-electron chi connectivity index (χ1n) is 6.18. The van der Waals surface area contributed by atoms with Gasteiger partial charge in [-0.05, 0) is 22.9 Å². The van der Waals surface area contributed by atoms with Gasteiger partial charge in [-0.15, -0.1) is 0 Å². The van der Waals surface area contributed by atoms with Gasteiger partial charge < -0.3 is 14.2 Å². The zero-order valence-corrected chi connectivity index (χ0v) is 12.5. The van der Waals surface area contributed by atoms with Crippen LogP contribution in [0.2, 0.25) is 0 Å². The molecule has 4 heteroatoms. The summed E-state index contributed by atoms with van der Waals surface area (Å²) in [6.07, 6.45) is 0. The fraction of sp³-hybridized carbons (Fsp3) is 0.333. The Bertz CT molecular complexity index is 528. The molecule has 19 heavy (non-hydrogen) atoms. The largest absolute Gasteiger partial charge is 0.493 e. The summed E-state index contributed by atoms with van der Waals surface area (Å²) in [5.41, 5.74) is 0. The second-order valence-corrected chi connectivity index (χ2v) is 4.79. The Morgan fingerprint density at radius 3 is 2.26 bits per heavy atom. The molecule has 0 radical (unpaired) electrons. The summed E-state index contributed by atoms with van der Waals surface area (Å²) < 4.78 is 16.4. The summed E-state index contributed by atoms with van der Waals surface area (Å²) >= 11 is 3.31. The fourth-order valence-corrected chi connectivity index (χ4v) is 2.07. The van der Waals surface area contributed by atoms with E-state index in [1.807, 2.05) is 24.3 Å². The van der Waals surface area contributed by atoms with Gasteiger partial charge in [0.15, 0.2) is 11.5 Å². The predicted octanol–water partition coefficient (Wildman–Crippen LogP) is 3.64. The molecule has 2 rings (SSSR count). The molecule has 0 saturated carbocycles. The Balaban J connectivity index is 2.08. The van der Waals surface area contributed by atoms with Crippen molar-refractivity contribution >= 4 is 26.7 Å². The van der Waals surface area contributed by atoms with Crippen LogP contribution in [0, 0.1) is 0 Å². The van der Waals surface area contributed by atoms with Gasteiger partial charge >= 0.3 is 0 Å². The Labute approximate surface area is 121 Å². The van der Waals surface area contributed by atoms with Gasteiger partial charge in [0.05, 0.1) is 20.3 Å². The number of methoxy groups -OCH3 is 1. The average molecular weight is 325 g/mol. The lowest BCUT2D eigenvalue weighted by molar-refractivity contribution is 0.111. The molecular weight excluding hydrogens is 308 g/mol. The molecule has 0 amide bonds. The maximum Gasteiger partial charge on any atom is 0.161 e. The van der Waals surface area contributed by atoms with Crippen molar-refractivity contribution in [1.82, 2.24) is 0 Å². The molecule has 0 heterocycles.